The highest BCUT2D eigenvalue weighted by Crippen LogP contribution is 2.33. The highest BCUT2D eigenvalue weighted by atomic mass is 14.4. The number of rotatable bonds is 0. The Hall–Kier alpha value is -2.08. The second kappa shape index (κ2) is 2.73. The van der Waals surface area contributed by atoms with Gasteiger partial charge < -0.3 is 0 Å². The van der Waals surface area contributed by atoms with Crippen molar-refractivity contribution in [2.24, 2.45) is 0 Å². The molecule has 0 saturated heterocycles. The molecule has 0 nitrogen and oxygen atoms in total. The van der Waals surface area contributed by atoms with Gasteiger partial charge in [0.2, 0.25) is 0 Å². The summed E-state index contributed by atoms with van der Waals surface area (Å²) in [5.41, 5.74) is 0. The van der Waals surface area contributed by atoms with Crippen LogP contribution in [-0.4, -0.2) is 0 Å². The zero-order valence-electron chi connectivity index (χ0n) is 8.77. The fraction of sp³-hybridized carbons (Fsp3) is 0. The Kier molecular flexibility index (Phi) is 1.39. The topological polar surface area (TPSA) is 0 Å². The molecule has 0 atom stereocenters. The summed E-state index contributed by atoms with van der Waals surface area (Å²) in [5, 5.41) is 8.14. The zero-order valence-corrected chi connectivity index (χ0v) is 8.77. The van der Waals surface area contributed by atoms with Gasteiger partial charge in [0, 0.05) is 0 Å². The van der Waals surface area contributed by atoms with E-state index in [0.717, 1.165) is 0 Å². The molecule has 0 N–H and O–H groups in total. The lowest BCUT2D eigenvalue weighted by Crippen LogP contribution is -1.82. The van der Waals surface area contributed by atoms with Crippen LogP contribution >= 0.6 is 0 Å². The predicted molar refractivity (Wildman–Crippen MR) is 70.1 cm³/mol. The average Bonchev–Trinajstić information content (AvgIpc) is 2.36. The number of benzene rings is 4. The van der Waals surface area contributed by atoms with Crippen LogP contribution in [0.4, 0.5) is 0 Å². The lowest BCUT2D eigenvalue weighted by molar-refractivity contribution is 1.78. The van der Waals surface area contributed by atoms with Crippen LogP contribution in [0, 0.1) is 0 Å². The Bertz CT molecular complexity index is 667. The Morgan fingerprint density at radius 3 is 1.00 bits per heavy atom. The van der Waals surface area contributed by atoms with E-state index < -0.39 is 0 Å². The summed E-state index contributed by atoms with van der Waals surface area (Å²) in [4.78, 5) is 0. The maximum atomic E-state index is 2.21. The van der Waals surface area contributed by atoms with Crippen molar-refractivity contribution in [1.29, 1.82) is 0 Å². The summed E-state index contributed by atoms with van der Waals surface area (Å²) >= 11 is 0. The molecule has 0 unspecified atom stereocenters. The van der Waals surface area contributed by atoms with E-state index in [1.807, 2.05) is 0 Å². The first-order valence-electron chi connectivity index (χ1n) is 5.56. The van der Waals surface area contributed by atoms with Crippen molar-refractivity contribution >= 4 is 32.3 Å². The van der Waals surface area contributed by atoms with E-state index in [4.69, 9.17) is 0 Å². The summed E-state index contributed by atoms with van der Waals surface area (Å²) in [5.74, 6) is 0. The lowest BCUT2D eigenvalue weighted by atomic mass is 10.0. The summed E-state index contributed by atoms with van der Waals surface area (Å²) in [6.07, 6.45) is 0. The van der Waals surface area contributed by atoms with E-state index in [-0.39, 0.29) is 0 Å². The number of hydrogen-bond acceptors (Lipinski definition) is 0. The molecule has 4 aromatic carbocycles. The summed E-state index contributed by atoms with van der Waals surface area (Å²) in [7, 11) is 0. The van der Waals surface area contributed by atoms with Crippen molar-refractivity contribution in [2.75, 3.05) is 0 Å². The molecule has 0 aliphatic carbocycles. The molecule has 0 radical (unpaired) electrons. The molecule has 4 aromatic rings. The van der Waals surface area contributed by atoms with E-state index in [0.29, 0.717) is 0 Å². The quantitative estimate of drug-likeness (QED) is 0.369. The van der Waals surface area contributed by atoms with E-state index in [9.17, 15) is 0 Å². The van der Waals surface area contributed by atoms with Crippen LogP contribution in [-0.2, 0) is 0 Å². The van der Waals surface area contributed by atoms with E-state index in [1.54, 1.807) is 0 Å². The molecule has 4 rings (SSSR count). The Balaban J connectivity index is 2.51. The molecular formula is C16H10. The van der Waals surface area contributed by atoms with Crippen molar-refractivity contribution < 1.29 is 0 Å². The molecular weight excluding hydrogens is 196 g/mol. The SMILES string of the molecule is c1cc2[13cH][13cH]c3cccc4[13cH][13cH]c(c1)c2c34. The zero-order chi connectivity index (χ0) is 10.5. The first kappa shape index (κ1) is 8.12. The molecule has 0 aromatic heterocycles. The van der Waals surface area contributed by atoms with Gasteiger partial charge in [-0.25, -0.2) is 0 Å². The van der Waals surface area contributed by atoms with Crippen molar-refractivity contribution in [3.05, 3.63) is 60.7 Å². The second-order valence-corrected chi connectivity index (χ2v) is 4.29. The summed E-state index contributed by atoms with van der Waals surface area (Å²) < 4.78 is 0. The molecule has 0 spiro atoms. The smallest absolute Gasteiger partial charge is 0.00268 e. The van der Waals surface area contributed by atoms with E-state index in [1.165, 1.54) is 32.3 Å². The Labute approximate surface area is 93.5 Å². The van der Waals surface area contributed by atoms with Crippen molar-refractivity contribution in [3.63, 3.8) is 0 Å². The van der Waals surface area contributed by atoms with Crippen molar-refractivity contribution in [3.8, 4) is 0 Å². The van der Waals surface area contributed by atoms with Crippen LogP contribution in [0.2, 0.25) is 0 Å². The first-order valence-corrected chi connectivity index (χ1v) is 5.56. The highest BCUT2D eigenvalue weighted by Gasteiger charge is 2.05. The largest absolute Gasteiger partial charge is 0.0610 e. The maximum Gasteiger partial charge on any atom is -0.00268 e. The molecule has 0 heteroatoms. The lowest BCUT2D eigenvalue weighted by Gasteiger charge is -2.09. The van der Waals surface area contributed by atoms with Crippen LogP contribution in [0.1, 0.15) is 0 Å². The normalized spacial score (nSPS) is 11.8. The first-order chi connectivity index (χ1) is 7.93. The fourth-order valence-corrected chi connectivity index (χ4v) is 2.67. The molecule has 16 heavy (non-hydrogen) atoms. The van der Waals surface area contributed by atoms with Crippen LogP contribution in [0.5, 0.6) is 0 Å². The van der Waals surface area contributed by atoms with Crippen LogP contribution in [0.3, 0.4) is 0 Å². The predicted octanol–water partition coefficient (Wildman–Crippen LogP) is 4.58. The van der Waals surface area contributed by atoms with Crippen molar-refractivity contribution in [1.82, 2.24) is 0 Å². The maximum absolute atomic E-state index is 2.21. The van der Waals surface area contributed by atoms with Gasteiger partial charge >= 0.3 is 0 Å². The third-order valence-electron chi connectivity index (χ3n) is 3.39. The summed E-state index contributed by atoms with van der Waals surface area (Å²) in [6, 6.07) is 21.9. The second-order valence-electron chi connectivity index (χ2n) is 4.29. The van der Waals surface area contributed by atoms with Gasteiger partial charge in [-0.05, 0) is 32.3 Å². The van der Waals surface area contributed by atoms with Gasteiger partial charge in [-0.15, -0.1) is 0 Å². The monoisotopic (exact) mass is 206 g/mol. The van der Waals surface area contributed by atoms with Gasteiger partial charge in [0.1, 0.15) is 0 Å². The molecule has 74 valence electrons. The molecule has 0 aliphatic rings. The van der Waals surface area contributed by atoms with Crippen LogP contribution in [0.15, 0.2) is 60.7 Å². The molecule has 0 fully saturated rings. The van der Waals surface area contributed by atoms with Crippen LogP contribution < -0.4 is 0 Å². The molecule has 0 amide bonds. The Morgan fingerprint density at radius 2 is 0.688 bits per heavy atom. The van der Waals surface area contributed by atoms with Gasteiger partial charge in [-0.2, -0.15) is 0 Å². The van der Waals surface area contributed by atoms with Gasteiger partial charge in [-0.3, -0.25) is 0 Å². The highest BCUT2D eigenvalue weighted by molar-refractivity contribution is 6.22. The molecule has 0 aliphatic heterocycles. The summed E-state index contributed by atoms with van der Waals surface area (Å²) in [6.45, 7) is 0. The molecule has 0 heterocycles. The van der Waals surface area contributed by atoms with Gasteiger partial charge in [0.25, 0.3) is 0 Å². The van der Waals surface area contributed by atoms with E-state index >= 15 is 0 Å². The van der Waals surface area contributed by atoms with Gasteiger partial charge in [0.15, 0.2) is 0 Å². The third-order valence-corrected chi connectivity index (χ3v) is 3.39. The fourth-order valence-electron chi connectivity index (χ4n) is 2.67. The van der Waals surface area contributed by atoms with Gasteiger partial charge in [0.05, 0.1) is 0 Å². The average molecular weight is 206 g/mol. The minimum atomic E-state index is 1.34. The van der Waals surface area contributed by atoms with Gasteiger partial charge in [-0.1, -0.05) is 60.7 Å². The number of hydrogen-bond donors (Lipinski definition) is 0. The van der Waals surface area contributed by atoms with E-state index in [2.05, 4.69) is 60.7 Å². The standard InChI is InChI=1S/C16H10/c1-3-11-7-9-13-5-2-6-14-10-8-12(4-1)15(11)16(13)14/h1-10H/i7+1,8+1,9+1,10+1. The minimum absolute atomic E-state index is 1.34. The molecule has 0 bridgehead atoms. The molecule has 0 saturated carbocycles. The van der Waals surface area contributed by atoms with Crippen LogP contribution in [0.25, 0.3) is 32.3 Å². The van der Waals surface area contributed by atoms with Crippen molar-refractivity contribution in [2.45, 2.75) is 0 Å². The minimum Gasteiger partial charge on any atom is -0.0610 e. The third kappa shape index (κ3) is 0.892. The Morgan fingerprint density at radius 1 is 0.375 bits per heavy atom.